The van der Waals surface area contributed by atoms with E-state index < -0.39 is 10.0 Å². The molecule has 0 aliphatic rings. The van der Waals surface area contributed by atoms with Crippen molar-refractivity contribution in [3.05, 3.63) is 28.8 Å². The molecule has 0 fully saturated rings. The summed E-state index contributed by atoms with van der Waals surface area (Å²) in [7, 11) is 0.0946. The summed E-state index contributed by atoms with van der Waals surface area (Å²) in [6.45, 7) is 9.20. The predicted octanol–water partition coefficient (Wildman–Crippen LogP) is 2.69. The van der Waals surface area contributed by atoms with Crippen LogP contribution < -0.4 is 5.32 Å². The average molecular weight is 312 g/mol. The third kappa shape index (κ3) is 4.28. The van der Waals surface area contributed by atoms with Gasteiger partial charge in [-0.05, 0) is 49.6 Å². The van der Waals surface area contributed by atoms with E-state index >= 15 is 0 Å². The molecule has 0 amide bonds. The summed E-state index contributed by atoms with van der Waals surface area (Å²) in [5.74, 6) is 0.353. The van der Waals surface area contributed by atoms with Gasteiger partial charge in [-0.15, -0.1) is 0 Å². The summed E-state index contributed by atoms with van der Waals surface area (Å²) in [6.07, 6.45) is 0.970. The summed E-state index contributed by atoms with van der Waals surface area (Å²) in [4.78, 5) is 0.429. The molecule has 4 nitrogen and oxygen atoms in total. The number of rotatable bonds is 7. The molecule has 1 unspecified atom stereocenters. The van der Waals surface area contributed by atoms with Gasteiger partial charge in [0, 0.05) is 20.1 Å². The zero-order chi connectivity index (χ0) is 16.2. The molecular weight excluding hydrogens is 284 g/mol. The minimum Gasteiger partial charge on any atom is -0.316 e. The first-order chi connectivity index (χ1) is 9.73. The number of hydrogen-bond acceptors (Lipinski definition) is 3. The van der Waals surface area contributed by atoms with Gasteiger partial charge in [0.15, 0.2) is 0 Å². The Morgan fingerprint density at radius 3 is 2.43 bits per heavy atom. The molecule has 0 heterocycles. The van der Waals surface area contributed by atoms with E-state index in [4.69, 9.17) is 0 Å². The molecule has 0 bridgehead atoms. The van der Waals surface area contributed by atoms with Crippen LogP contribution in [0, 0.1) is 19.8 Å². The Labute approximate surface area is 129 Å². The van der Waals surface area contributed by atoms with E-state index in [1.165, 1.54) is 4.31 Å². The average Bonchev–Trinajstić information content (AvgIpc) is 2.42. The first-order valence-corrected chi connectivity index (χ1v) is 8.89. The summed E-state index contributed by atoms with van der Waals surface area (Å²) < 4.78 is 27.1. The fraction of sp³-hybridized carbons (Fsp3) is 0.625. The molecule has 1 rings (SSSR count). The summed E-state index contributed by atoms with van der Waals surface area (Å²) >= 11 is 0. The van der Waals surface area contributed by atoms with E-state index in [-0.39, 0.29) is 0 Å². The fourth-order valence-electron chi connectivity index (χ4n) is 2.31. The molecule has 5 heteroatoms. The predicted molar refractivity (Wildman–Crippen MR) is 88.0 cm³/mol. The van der Waals surface area contributed by atoms with Crippen LogP contribution in [0.15, 0.2) is 17.0 Å². The van der Waals surface area contributed by atoms with Gasteiger partial charge in [0.05, 0.1) is 4.90 Å². The summed E-state index contributed by atoms with van der Waals surface area (Å²) in [5, 5.41) is 3.07. The molecule has 0 spiro atoms. The van der Waals surface area contributed by atoms with Crippen molar-refractivity contribution in [3.63, 3.8) is 0 Å². The van der Waals surface area contributed by atoms with Crippen molar-refractivity contribution in [2.75, 3.05) is 20.6 Å². The first-order valence-electron chi connectivity index (χ1n) is 7.45. The van der Waals surface area contributed by atoms with Gasteiger partial charge in [-0.3, -0.25) is 0 Å². The maximum Gasteiger partial charge on any atom is 0.243 e. The molecule has 0 saturated carbocycles. The van der Waals surface area contributed by atoms with Gasteiger partial charge in [-0.25, -0.2) is 12.7 Å². The molecule has 120 valence electrons. The normalized spacial score (nSPS) is 13.7. The Morgan fingerprint density at radius 2 is 1.90 bits per heavy atom. The topological polar surface area (TPSA) is 49.4 Å². The van der Waals surface area contributed by atoms with Crippen LogP contribution in [0.2, 0.25) is 0 Å². The molecule has 0 aliphatic heterocycles. The summed E-state index contributed by atoms with van der Waals surface area (Å²) in [5.41, 5.74) is 2.85. The van der Waals surface area contributed by atoms with Gasteiger partial charge in [0.25, 0.3) is 0 Å². The van der Waals surface area contributed by atoms with Crippen molar-refractivity contribution in [1.29, 1.82) is 0 Å². The van der Waals surface area contributed by atoms with Gasteiger partial charge < -0.3 is 5.32 Å². The lowest BCUT2D eigenvalue weighted by Gasteiger charge is -2.22. The van der Waals surface area contributed by atoms with Crippen LogP contribution in [0.3, 0.4) is 0 Å². The van der Waals surface area contributed by atoms with E-state index in [0.717, 1.165) is 23.1 Å². The van der Waals surface area contributed by atoms with Gasteiger partial charge >= 0.3 is 0 Å². The quantitative estimate of drug-likeness (QED) is 0.842. The highest BCUT2D eigenvalue weighted by Gasteiger charge is 2.25. The summed E-state index contributed by atoms with van der Waals surface area (Å²) in [6, 6.07) is 3.83. The maximum atomic E-state index is 12.8. The Hall–Kier alpha value is -0.910. The molecule has 0 saturated heterocycles. The molecule has 1 N–H and O–H groups in total. The van der Waals surface area contributed by atoms with Crippen LogP contribution in [0.5, 0.6) is 0 Å². The second-order valence-corrected chi connectivity index (χ2v) is 7.88. The second kappa shape index (κ2) is 7.38. The van der Waals surface area contributed by atoms with Crippen molar-refractivity contribution in [3.8, 4) is 0 Å². The number of benzene rings is 1. The molecule has 0 radical (unpaired) electrons. The van der Waals surface area contributed by atoms with E-state index in [2.05, 4.69) is 19.2 Å². The lowest BCUT2D eigenvalue weighted by Crippen LogP contribution is -2.31. The standard InChI is InChI=1S/C16H28N2O2S/c1-7-12(2)11-18(6)21(19,20)16-9-15(10-17-5)8-13(3)14(16)4/h8-9,12,17H,7,10-11H2,1-6H3. The van der Waals surface area contributed by atoms with Gasteiger partial charge in [0.1, 0.15) is 0 Å². The molecule has 0 aliphatic carbocycles. The van der Waals surface area contributed by atoms with Crippen LogP contribution in [-0.4, -0.2) is 33.4 Å². The highest BCUT2D eigenvalue weighted by atomic mass is 32.2. The van der Waals surface area contributed by atoms with Crippen molar-refractivity contribution in [2.24, 2.45) is 5.92 Å². The van der Waals surface area contributed by atoms with Crippen molar-refractivity contribution in [1.82, 2.24) is 9.62 Å². The lowest BCUT2D eigenvalue weighted by molar-refractivity contribution is 0.393. The Kier molecular flexibility index (Phi) is 6.38. The SMILES string of the molecule is CCC(C)CN(C)S(=O)(=O)c1cc(CNC)cc(C)c1C. The molecule has 1 aromatic carbocycles. The highest BCUT2D eigenvalue weighted by Crippen LogP contribution is 2.24. The molecular formula is C16H28N2O2S. The molecule has 0 aromatic heterocycles. The van der Waals surface area contributed by atoms with Gasteiger partial charge in [-0.2, -0.15) is 0 Å². The smallest absolute Gasteiger partial charge is 0.243 e. The minimum absolute atomic E-state index is 0.353. The zero-order valence-corrected chi connectivity index (χ0v) is 14.8. The monoisotopic (exact) mass is 312 g/mol. The zero-order valence-electron chi connectivity index (χ0n) is 14.0. The van der Waals surface area contributed by atoms with Gasteiger partial charge in [0.2, 0.25) is 10.0 Å². The van der Waals surface area contributed by atoms with Crippen LogP contribution in [0.4, 0.5) is 0 Å². The highest BCUT2D eigenvalue weighted by molar-refractivity contribution is 7.89. The lowest BCUT2D eigenvalue weighted by atomic mass is 10.1. The largest absolute Gasteiger partial charge is 0.316 e. The Balaban J connectivity index is 3.24. The maximum absolute atomic E-state index is 12.8. The van der Waals surface area contributed by atoms with Crippen molar-refractivity contribution >= 4 is 10.0 Å². The van der Waals surface area contributed by atoms with Crippen molar-refractivity contribution in [2.45, 2.75) is 45.6 Å². The Morgan fingerprint density at radius 1 is 1.29 bits per heavy atom. The Bertz CT molecular complexity index is 582. The first kappa shape index (κ1) is 18.1. The number of nitrogens with zero attached hydrogens (tertiary/aromatic N) is 1. The second-order valence-electron chi connectivity index (χ2n) is 5.87. The minimum atomic E-state index is -3.43. The third-order valence-electron chi connectivity index (χ3n) is 4.01. The van der Waals surface area contributed by atoms with Crippen molar-refractivity contribution < 1.29 is 8.42 Å². The number of nitrogens with one attached hydrogen (secondary N) is 1. The van der Waals surface area contributed by atoms with E-state index in [9.17, 15) is 8.42 Å². The molecule has 1 atom stereocenters. The van der Waals surface area contributed by atoms with Crippen LogP contribution in [0.1, 0.15) is 37.0 Å². The fourth-order valence-corrected chi connectivity index (χ4v) is 3.94. The van der Waals surface area contributed by atoms with E-state index in [0.29, 0.717) is 23.9 Å². The number of sulfonamides is 1. The number of aryl methyl sites for hydroxylation is 1. The van der Waals surface area contributed by atoms with Gasteiger partial charge in [-0.1, -0.05) is 26.3 Å². The van der Waals surface area contributed by atoms with E-state index in [1.807, 2.05) is 27.0 Å². The molecule has 21 heavy (non-hydrogen) atoms. The van der Waals surface area contributed by atoms with Crippen LogP contribution >= 0.6 is 0 Å². The van der Waals surface area contributed by atoms with Crippen LogP contribution in [-0.2, 0) is 16.6 Å². The number of hydrogen-bond donors (Lipinski definition) is 1. The molecule has 1 aromatic rings. The third-order valence-corrected chi connectivity index (χ3v) is 5.96. The van der Waals surface area contributed by atoms with E-state index in [1.54, 1.807) is 13.1 Å². The van der Waals surface area contributed by atoms with Crippen LogP contribution in [0.25, 0.3) is 0 Å².